The number of ether oxygens (including phenoxy) is 1. The Kier molecular flexibility index (Phi) is 4.07. The van der Waals surface area contributed by atoms with Crippen molar-refractivity contribution in [1.29, 1.82) is 0 Å². The van der Waals surface area contributed by atoms with E-state index in [0.717, 1.165) is 38.5 Å². The Balaban J connectivity index is 1.78. The largest absolute Gasteiger partial charge is 0.481 e. The number of carboxylic acids is 1. The average Bonchev–Trinajstić information content (AvgIpc) is 2.87. The Bertz CT molecular complexity index is 676. The van der Waals surface area contributed by atoms with Crippen LogP contribution in [0.1, 0.15) is 79.1 Å². The fraction of sp³-hybridized carbons (Fsp3) is 0.909. The van der Waals surface area contributed by atoms with E-state index < -0.39 is 17.5 Å². The van der Waals surface area contributed by atoms with Crippen LogP contribution >= 0.6 is 0 Å². The van der Waals surface area contributed by atoms with Crippen LogP contribution in [-0.4, -0.2) is 34.4 Å². The lowest BCUT2D eigenvalue weighted by Crippen LogP contribution is -2.66. The van der Waals surface area contributed by atoms with Gasteiger partial charge < -0.3 is 14.9 Å². The van der Waals surface area contributed by atoms with Crippen LogP contribution in [0.2, 0.25) is 0 Å². The number of aliphatic hydroxyl groups excluding tert-OH is 1. The highest BCUT2D eigenvalue weighted by atomic mass is 16.5. The number of aliphatic hydroxyl groups is 1. The standard InChI is InChI=1S/C22H34O5/c1-13(23)27-16-11-14-10-15(24)17-20(3,18(25)26)6-5-7-21(17,4)22(14)9-8-19(16,2)12-22/h14-17,24H,5-12H2,1-4H3,(H,25,26)/t14-,15+,16+,17-,19-,20+,21-,22-/m0/s1. The number of fused-ring (bicyclic) bond motifs is 2. The van der Waals surface area contributed by atoms with E-state index in [1.165, 1.54) is 6.92 Å². The van der Waals surface area contributed by atoms with Crippen LogP contribution in [0.5, 0.6) is 0 Å². The van der Waals surface area contributed by atoms with E-state index in [0.29, 0.717) is 18.8 Å². The van der Waals surface area contributed by atoms with Crippen LogP contribution in [0.25, 0.3) is 0 Å². The molecule has 4 fully saturated rings. The van der Waals surface area contributed by atoms with Crippen molar-refractivity contribution in [2.24, 2.45) is 33.5 Å². The summed E-state index contributed by atoms with van der Waals surface area (Å²) >= 11 is 0. The quantitative estimate of drug-likeness (QED) is 0.715. The van der Waals surface area contributed by atoms with Crippen molar-refractivity contribution in [3.05, 3.63) is 0 Å². The van der Waals surface area contributed by atoms with Gasteiger partial charge in [0, 0.05) is 18.3 Å². The summed E-state index contributed by atoms with van der Waals surface area (Å²) in [5.41, 5.74) is -1.02. The van der Waals surface area contributed by atoms with Gasteiger partial charge >= 0.3 is 11.9 Å². The highest BCUT2D eigenvalue weighted by Crippen LogP contribution is 2.76. The van der Waals surface area contributed by atoms with E-state index in [2.05, 4.69) is 13.8 Å². The smallest absolute Gasteiger partial charge is 0.309 e. The average molecular weight is 379 g/mol. The fourth-order valence-electron chi connectivity index (χ4n) is 8.38. The zero-order valence-corrected chi connectivity index (χ0v) is 17.1. The maximum atomic E-state index is 12.2. The number of hydrogen-bond donors (Lipinski definition) is 2. The molecule has 2 bridgehead atoms. The van der Waals surface area contributed by atoms with E-state index in [9.17, 15) is 19.8 Å². The first kappa shape index (κ1) is 19.2. The zero-order valence-electron chi connectivity index (χ0n) is 17.1. The Morgan fingerprint density at radius 3 is 2.37 bits per heavy atom. The minimum absolute atomic E-state index is 0.0326. The Morgan fingerprint density at radius 2 is 1.74 bits per heavy atom. The second-order valence-electron chi connectivity index (χ2n) is 10.8. The maximum absolute atomic E-state index is 12.2. The molecule has 0 amide bonds. The van der Waals surface area contributed by atoms with E-state index in [4.69, 9.17) is 4.74 Å². The van der Waals surface area contributed by atoms with E-state index in [-0.39, 0.29) is 34.2 Å². The van der Waals surface area contributed by atoms with Crippen LogP contribution < -0.4 is 0 Å². The monoisotopic (exact) mass is 378 g/mol. The predicted octanol–water partition coefficient (Wildman–Crippen LogP) is 3.78. The van der Waals surface area contributed by atoms with Crippen LogP contribution in [0.4, 0.5) is 0 Å². The lowest BCUT2D eigenvalue weighted by atomic mass is 9.37. The predicted molar refractivity (Wildman–Crippen MR) is 99.9 cm³/mol. The van der Waals surface area contributed by atoms with Gasteiger partial charge in [0.1, 0.15) is 6.10 Å². The summed E-state index contributed by atoms with van der Waals surface area (Å²) in [5.74, 6) is -0.899. The van der Waals surface area contributed by atoms with Gasteiger partial charge in [-0.25, -0.2) is 0 Å². The number of carboxylic acid groups (broad SMARTS) is 1. The molecule has 27 heavy (non-hydrogen) atoms. The molecule has 0 radical (unpaired) electrons. The van der Waals surface area contributed by atoms with E-state index in [1.54, 1.807) is 0 Å². The fourth-order valence-corrected chi connectivity index (χ4v) is 8.38. The molecule has 1 spiro atoms. The molecule has 5 heteroatoms. The Hall–Kier alpha value is -1.10. The number of esters is 1. The van der Waals surface area contributed by atoms with Gasteiger partial charge in [-0.05, 0) is 68.6 Å². The van der Waals surface area contributed by atoms with Gasteiger partial charge in [0.15, 0.2) is 0 Å². The van der Waals surface area contributed by atoms with Gasteiger partial charge in [0.25, 0.3) is 0 Å². The van der Waals surface area contributed by atoms with Crippen molar-refractivity contribution in [2.75, 3.05) is 0 Å². The summed E-state index contributed by atoms with van der Waals surface area (Å²) in [6, 6.07) is 0. The van der Waals surface area contributed by atoms with E-state index in [1.807, 2.05) is 6.92 Å². The van der Waals surface area contributed by atoms with Gasteiger partial charge in [-0.3, -0.25) is 9.59 Å². The number of carbonyl (C=O) groups is 2. The highest BCUT2D eigenvalue weighted by Gasteiger charge is 2.72. The highest BCUT2D eigenvalue weighted by molar-refractivity contribution is 5.75. The molecule has 0 aromatic heterocycles. The summed E-state index contributed by atoms with van der Waals surface area (Å²) in [6.07, 6.45) is 6.35. The molecule has 4 aliphatic carbocycles. The molecular formula is C22H34O5. The first-order chi connectivity index (χ1) is 12.5. The third kappa shape index (κ3) is 2.33. The van der Waals surface area contributed by atoms with Crippen molar-refractivity contribution < 1.29 is 24.5 Å². The molecule has 0 heterocycles. The van der Waals surface area contributed by atoms with Crippen molar-refractivity contribution >= 4 is 11.9 Å². The van der Waals surface area contributed by atoms with Crippen molar-refractivity contribution in [2.45, 2.75) is 91.3 Å². The van der Waals surface area contributed by atoms with Gasteiger partial charge in [0.05, 0.1) is 11.5 Å². The third-order valence-corrected chi connectivity index (χ3v) is 9.53. The molecule has 0 saturated heterocycles. The van der Waals surface area contributed by atoms with Crippen molar-refractivity contribution in [1.82, 2.24) is 0 Å². The molecular weight excluding hydrogens is 344 g/mol. The van der Waals surface area contributed by atoms with E-state index >= 15 is 0 Å². The number of aliphatic carboxylic acids is 1. The summed E-state index contributed by atoms with van der Waals surface area (Å²) < 4.78 is 5.74. The van der Waals surface area contributed by atoms with Crippen molar-refractivity contribution in [3.63, 3.8) is 0 Å². The molecule has 0 aromatic carbocycles. The summed E-state index contributed by atoms with van der Waals surface area (Å²) in [7, 11) is 0. The molecule has 0 aromatic rings. The SMILES string of the molecule is CC(=O)O[C@@H]1C[C@@H]2C[C@@H](O)[C@H]3[C@](C)(C(=O)O)CCC[C@]3(C)[C@]23CC[C@@]1(C)C3. The molecule has 0 unspecified atom stereocenters. The minimum atomic E-state index is -0.863. The Morgan fingerprint density at radius 1 is 1.04 bits per heavy atom. The third-order valence-electron chi connectivity index (χ3n) is 9.53. The topological polar surface area (TPSA) is 83.8 Å². The molecule has 2 N–H and O–H groups in total. The molecule has 4 rings (SSSR count). The molecule has 152 valence electrons. The van der Waals surface area contributed by atoms with Crippen molar-refractivity contribution in [3.8, 4) is 0 Å². The van der Waals surface area contributed by atoms with Crippen LogP contribution in [0, 0.1) is 33.5 Å². The first-order valence-electron chi connectivity index (χ1n) is 10.6. The van der Waals surface area contributed by atoms with Crippen LogP contribution in [0.3, 0.4) is 0 Å². The number of carbonyl (C=O) groups excluding carboxylic acids is 1. The summed E-state index contributed by atoms with van der Waals surface area (Å²) in [5, 5.41) is 21.2. The number of rotatable bonds is 2. The first-order valence-corrected chi connectivity index (χ1v) is 10.6. The molecule has 5 nitrogen and oxygen atoms in total. The summed E-state index contributed by atoms with van der Waals surface area (Å²) in [4.78, 5) is 23.9. The second-order valence-corrected chi connectivity index (χ2v) is 10.8. The van der Waals surface area contributed by atoms with Gasteiger partial charge in [0.2, 0.25) is 0 Å². The normalized spacial score (nSPS) is 54.0. The molecule has 4 saturated carbocycles. The maximum Gasteiger partial charge on any atom is 0.309 e. The Labute approximate surface area is 161 Å². The van der Waals surface area contributed by atoms with Crippen LogP contribution in [0.15, 0.2) is 0 Å². The molecule has 0 aliphatic heterocycles. The van der Waals surface area contributed by atoms with Gasteiger partial charge in [-0.15, -0.1) is 0 Å². The molecule has 8 atom stereocenters. The minimum Gasteiger partial charge on any atom is -0.481 e. The lowest BCUT2D eigenvalue weighted by molar-refractivity contribution is -0.235. The molecule has 4 aliphatic rings. The lowest BCUT2D eigenvalue weighted by Gasteiger charge is -2.67. The van der Waals surface area contributed by atoms with Gasteiger partial charge in [-0.1, -0.05) is 20.3 Å². The van der Waals surface area contributed by atoms with Crippen LogP contribution in [-0.2, 0) is 14.3 Å². The second kappa shape index (κ2) is 5.71. The van der Waals surface area contributed by atoms with Gasteiger partial charge in [-0.2, -0.15) is 0 Å². The zero-order chi connectivity index (χ0) is 19.8. The summed E-state index contributed by atoms with van der Waals surface area (Å²) in [6.45, 7) is 7.85. The number of hydrogen-bond acceptors (Lipinski definition) is 4.